The van der Waals surface area contributed by atoms with Gasteiger partial charge in [0.1, 0.15) is 18.3 Å². The van der Waals surface area contributed by atoms with Gasteiger partial charge in [-0.1, -0.05) is 65.3 Å². The first-order valence-corrected chi connectivity index (χ1v) is 20.7. The minimum absolute atomic E-state index is 0.0361. The average molecular weight is 754 g/mol. The number of carboxylic acid groups (broad SMARTS) is 2. The molecule has 7 fully saturated rings. The largest absolute Gasteiger partial charge is 0.481 e. The summed E-state index contributed by atoms with van der Waals surface area (Å²) in [6, 6.07) is 0.0361. The summed E-state index contributed by atoms with van der Waals surface area (Å²) in [4.78, 5) is 26.2. The molecule has 0 unspecified atom stereocenters. The van der Waals surface area contributed by atoms with Crippen LogP contribution in [0.5, 0.6) is 0 Å². The molecular formula is C43H63NO10. The van der Waals surface area contributed by atoms with Gasteiger partial charge < -0.3 is 45.1 Å². The molecule has 54 heavy (non-hydrogen) atoms. The van der Waals surface area contributed by atoms with E-state index < -0.39 is 53.5 Å². The highest BCUT2D eigenvalue weighted by atomic mass is 16.7. The van der Waals surface area contributed by atoms with Crippen molar-refractivity contribution in [2.75, 3.05) is 20.3 Å². The molecule has 2 heterocycles. The van der Waals surface area contributed by atoms with Gasteiger partial charge in [-0.05, 0) is 115 Å². The smallest absolute Gasteiger partial charge is 0.335 e. The van der Waals surface area contributed by atoms with Crippen LogP contribution in [-0.4, -0.2) is 101 Å². The average Bonchev–Trinajstić information content (AvgIpc) is 3.08. The van der Waals surface area contributed by atoms with Crippen LogP contribution in [0.3, 0.4) is 0 Å². The number of hydrogen-bond donors (Lipinski definition) is 6. The van der Waals surface area contributed by atoms with Gasteiger partial charge in [0.25, 0.3) is 0 Å². The second-order valence-corrected chi connectivity index (χ2v) is 21.0. The van der Waals surface area contributed by atoms with E-state index in [4.69, 9.17) is 14.2 Å². The molecule has 2 saturated heterocycles. The van der Waals surface area contributed by atoms with Gasteiger partial charge >= 0.3 is 11.9 Å². The second kappa shape index (κ2) is 11.6. The molecule has 0 radical (unpaired) electrons. The molecule has 6 N–H and O–H groups in total. The highest BCUT2D eigenvalue weighted by molar-refractivity contribution is 5.81. The summed E-state index contributed by atoms with van der Waals surface area (Å²) in [5.74, 6) is -0.968. The van der Waals surface area contributed by atoms with Gasteiger partial charge in [-0.3, -0.25) is 4.79 Å². The standard InChI is InChI=1S/C43H63NO10/c1-37(2)25-11-14-39(4)32-21(9-10-22(41(25,32)6)16-27(37)53-34-30(47)28(45)29(46)31(54-34)33(48)49)15-26-40(39,5)18-23-19-44-35-38(3)12-8-13-42(26,35)43(23,36(50)51)24(17-38)20-52-7/h8,13,15,21-25,27-32,34-35,44-47H,9-12,14,16-20H2,1-7H3,(H,48,49)(H,50,51)/t21-,22+,23-,24+,25+,27+,28+,29+,30-,31+,32+,34-,35+,38-,39-,40-,41+,42+,43+/m1/s1. The van der Waals surface area contributed by atoms with Crippen molar-refractivity contribution in [2.45, 2.75) is 136 Å². The fourth-order valence-electron chi connectivity index (χ4n) is 17.0. The molecule has 2 aliphatic heterocycles. The number of aliphatic hydroxyl groups excluding tert-OH is 3. The van der Waals surface area contributed by atoms with Crippen molar-refractivity contribution in [3.63, 3.8) is 0 Å². The van der Waals surface area contributed by atoms with Crippen molar-refractivity contribution in [3.05, 3.63) is 23.8 Å². The number of carbonyl (C=O) groups is 2. The van der Waals surface area contributed by atoms with E-state index in [2.05, 4.69) is 65.1 Å². The summed E-state index contributed by atoms with van der Waals surface area (Å²) in [6.07, 6.45) is 6.10. The first-order chi connectivity index (χ1) is 25.3. The number of carboxylic acids is 2. The Morgan fingerprint density at radius 1 is 0.963 bits per heavy atom. The molecule has 11 heteroatoms. The van der Waals surface area contributed by atoms with Crippen LogP contribution >= 0.6 is 0 Å². The third-order valence-electron chi connectivity index (χ3n) is 19.0. The lowest BCUT2D eigenvalue weighted by atomic mass is 9.24. The van der Waals surface area contributed by atoms with E-state index in [1.807, 2.05) is 0 Å². The number of methoxy groups -OCH3 is 1. The fraction of sp³-hybridized carbons (Fsp3) is 0.860. The molecule has 300 valence electrons. The minimum Gasteiger partial charge on any atom is -0.481 e. The lowest BCUT2D eigenvalue weighted by Gasteiger charge is -2.80. The third-order valence-corrected chi connectivity index (χ3v) is 19.0. The Kier molecular flexibility index (Phi) is 8.12. The Bertz CT molecular complexity index is 1680. The van der Waals surface area contributed by atoms with E-state index in [-0.39, 0.29) is 57.0 Å². The topological polar surface area (TPSA) is 175 Å². The number of rotatable bonds is 6. The van der Waals surface area contributed by atoms with E-state index in [0.29, 0.717) is 30.9 Å². The molecular weight excluding hydrogens is 690 g/mol. The zero-order valence-electron chi connectivity index (χ0n) is 33.1. The minimum atomic E-state index is -1.76. The molecule has 5 saturated carbocycles. The molecule has 0 amide bonds. The number of nitrogens with one attached hydrogen (secondary N) is 1. The van der Waals surface area contributed by atoms with Crippen LogP contribution in [-0.2, 0) is 23.8 Å². The number of ether oxygens (including phenoxy) is 3. The van der Waals surface area contributed by atoms with Crippen molar-refractivity contribution >= 4 is 11.9 Å². The molecule has 0 aromatic heterocycles. The molecule has 0 aromatic carbocycles. The molecule has 0 aromatic rings. The molecule has 1 spiro atoms. The van der Waals surface area contributed by atoms with Crippen LogP contribution in [0.2, 0.25) is 0 Å². The lowest BCUT2D eigenvalue weighted by Crippen LogP contribution is -2.82. The zero-order chi connectivity index (χ0) is 38.8. The number of aliphatic hydroxyl groups is 3. The summed E-state index contributed by atoms with van der Waals surface area (Å²) >= 11 is 0. The van der Waals surface area contributed by atoms with Crippen molar-refractivity contribution in [3.8, 4) is 0 Å². The van der Waals surface area contributed by atoms with Crippen molar-refractivity contribution in [1.82, 2.24) is 5.32 Å². The van der Waals surface area contributed by atoms with Crippen LogP contribution in [0.25, 0.3) is 0 Å². The van der Waals surface area contributed by atoms with Gasteiger partial charge in [-0.15, -0.1) is 0 Å². The zero-order valence-corrected chi connectivity index (χ0v) is 33.1. The summed E-state index contributed by atoms with van der Waals surface area (Å²) in [6.45, 7) is 15.6. The third kappa shape index (κ3) is 4.13. The normalized spacial score (nSPS) is 57.6. The van der Waals surface area contributed by atoms with Gasteiger partial charge in [0.05, 0.1) is 18.1 Å². The monoisotopic (exact) mass is 753 g/mol. The van der Waals surface area contributed by atoms with Crippen molar-refractivity contribution in [1.29, 1.82) is 0 Å². The molecule has 19 atom stereocenters. The predicted octanol–water partition coefficient (Wildman–Crippen LogP) is 4.39. The molecule has 9 rings (SSSR count). The molecule has 5 bridgehead atoms. The molecule has 9 aliphatic rings. The van der Waals surface area contributed by atoms with E-state index in [9.17, 15) is 35.1 Å². The summed E-state index contributed by atoms with van der Waals surface area (Å²) in [5.41, 5.74) is -1.03. The lowest BCUT2D eigenvalue weighted by molar-refractivity contribution is -0.333. The van der Waals surface area contributed by atoms with Gasteiger partial charge in [0.15, 0.2) is 12.4 Å². The fourth-order valence-corrected chi connectivity index (χ4v) is 17.0. The van der Waals surface area contributed by atoms with Crippen LogP contribution in [0.4, 0.5) is 0 Å². The van der Waals surface area contributed by atoms with Crippen LogP contribution in [0.15, 0.2) is 23.8 Å². The van der Waals surface area contributed by atoms with E-state index in [1.54, 1.807) is 7.11 Å². The Balaban J connectivity index is 1.14. The Morgan fingerprint density at radius 3 is 2.39 bits per heavy atom. The Labute approximate surface area is 319 Å². The molecule has 11 nitrogen and oxygen atoms in total. The first kappa shape index (κ1) is 37.7. The summed E-state index contributed by atoms with van der Waals surface area (Å²) in [7, 11) is 1.73. The SMILES string of the molecule is COC[C@@H]1C[C@@]2(C)CC=C[C@]34C5=C[C@H]6CC[C@H]7C[C@H](O[C@@H]8O[C@H](C(=O)O)[C@@H](O)[C@H](O)[C@H]8O)C(C)(C)[C@@H]8CC[C@](C)([C@H]6[C@@]78C)[C@]5(C)C[C@H](CN[C@@H]23)[C@@]14C(=O)O. The second-order valence-electron chi connectivity index (χ2n) is 21.0. The molecule has 7 aliphatic carbocycles. The van der Waals surface area contributed by atoms with E-state index in [0.717, 1.165) is 51.4 Å². The maximum atomic E-state index is 14.2. The first-order valence-electron chi connectivity index (χ1n) is 20.7. The van der Waals surface area contributed by atoms with Crippen LogP contribution in [0, 0.1) is 73.4 Å². The maximum absolute atomic E-state index is 14.2. The van der Waals surface area contributed by atoms with Gasteiger partial charge in [0, 0.05) is 24.5 Å². The van der Waals surface area contributed by atoms with Gasteiger partial charge in [-0.25, -0.2) is 4.79 Å². The van der Waals surface area contributed by atoms with Crippen molar-refractivity contribution < 1.29 is 49.3 Å². The van der Waals surface area contributed by atoms with E-state index >= 15 is 0 Å². The number of allylic oxidation sites excluding steroid dienone is 2. The Morgan fingerprint density at radius 2 is 1.70 bits per heavy atom. The van der Waals surface area contributed by atoms with Crippen molar-refractivity contribution in [2.24, 2.45) is 73.4 Å². The van der Waals surface area contributed by atoms with E-state index in [1.165, 1.54) is 5.57 Å². The summed E-state index contributed by atoms with van der Waals surface area (Å²) in [5, 5.41) is 57.3. The number of aliphatic carboxylic acids is 2. The number of fused-ring (bicyclic) bond motifs is 2. The van der Waals surface area contributed by atoms with Crippen LogP contribution < -0.4 is 5.32 Å². The van der Waals surface area contributed by atoms with Gasteiger partial charge in [-0.2, -0.15) is 0 Å². The predicted molar refractivity (Wildman–Crippen MR) is 197 cm³/mol. The highest BCUT2D eigenvalue weighted by Gasteiger charge is 2.82. The number of piperidine rings is 1. The van der Waals surface area contributed by atoms with Crippen LogP contribution in [0.1, 0.15) is 92.9 Å². The highest BCUT2D eigenvalue weighted by Crippen LogP contribution is 2.84. The van der Waals surface area contributed by atoms with Gasteiger partial charge in [0.2, 0.25) is 0 Å². The maximum Gasteiger partial charge on any atom is 0.335 e. The Hall–Kier alpha value is -1.86. The quantitative estimate of drug-likeness (QED) is 0.168. The summed E-state index contributed by atoms with van der Waals surface area (Å²) < 4.78 is 18.1. The number of hydrogen-bond acceptors (Lipinski definition) is 9.